The lowest BCUT2D eigenvalue weighted by Crippen LogP contribution is -2.02. The van der Waals surface area contributed by atoms with Crippen molar-refractivity contribution in [3.63, 3.8) is 0 Å². The maximum Gasteiger partial charge on any atom is 0.134 e. The molecule has 0 saturated carbocycles. The SMILES string of the molecule is Cc1nn(Cc2cccc3ccccc23)c(Cl)c1C=Cc1ccccn1. The van der Waals surface area contributed by atoms with E-state index in [9.17, 15) is 0 Å². The van der Waals surface area contributed by atoms with Crippen LogP contribution in [0.3, 0.4) is 0 Å². The van der Waals surface area contributed by atoms with E-state index < -0.39 is 0 Å². The summed E-state index contributed by atoms with van der Waals surface area (Å²) in [6.45, 7) is 2.61. The van der Waals surface area contributed by atoms with Crippen molar-refractivity contribution in [3.8, 4) is 0 Å². The minimum absolute atomic E-state index is 0.637. The summed E-state index contributed by atoms with van der Waals surface area (Å²) in [4.78, 5) is 4.30. The first-order valence-electron chi connectivity index (χ1n) is 8.51. The van der Waals surface area contributed by atoms with E-state index in [0.717, 1.165) is 17.0 Å². The van der Waals surface area contributed by atoms with Crippen LogP contribution in [0.5, 0.6) is 0 Å². The van der Waals surface area contributed by atoms with E-state index in [1.54, 1.807) is 6.20 Å². The molecular formula is C22H18ClN3. The molecule has 0 fully saturated rings. The molecule has 26 heavy (non-hydrogen) atoms. The Morgan fingerprint density at radius 3 is 2.62 bits per heavy atom. The molecule has 0 saturated heterocycles. The Balaban J connectivity index is 1.67. The fourth-order valence-electron chi connectivity index (χ4n) is 3.10. The van der Waals surface area contributed by atoms with E-state index in [4.69, 9.17) is 11.6 Å². The Kier molecular flexibility index (Phi) is 4.55. The molecule has 4 aromatic rings. The van der Waals surface area contributed by atoms with Crippen molar-refractivity contribution in [2.24, 2.45) is 0 Å². The molecule has 0 radical (unpaired) electrons. The number of halogens is 1. The van der Waals surface area contributed by atoms with E-state index in [1.165, 1.54) is 16.3 Å². The predicted molar refractivity (Wildman–Crippen MR) is 108 cm³/mol. The standard InChI is InChI=1S/C22H18ClN3/c1-16-20(13-12-19-10-4-5-14-24-19)22(23)26(25-16)15-18-9-6-8-17-7-2-3-11-21(17)18/h2-14H,15H2,1H3. The van der Waals surface area contributed by atoms with Crippen molar-refractivity contribution >= 4 is 34.5 Å². The second kappa shape index (κ2) is 7.14. The highest BCUT2D eigenvalue weighted by Crippen LogP contribution is 2.25. The second-order valence-electron chi connectivity index (χ2n) is 6.17. The molecular weight excluding hydrogens is 342 g/mol. The number of nitrogens with zero attached hydrogens (tertiary/aromatic N) is 3. The molecule has 0 atom stereocenters. The van der Waals surface area contributed by atoms with Crippen molar-refractivity contribution < 1.29 is 0 Å². The summed E-state index contributed by atoms with van der Waals surface area (Å²) in [6.07, 6.45) is 5.71. The van der Waals surface area contributed by atoms with Gasteiger partial charge in [-0.15, -0.1) is 0 Å². The Morgan fingerprint density at radius 2 is 1.77 bits per heavy atom. The normalized spacial score (nSPS) is 11.5. The zero-order valence-corrected chi connectivity index (χ0v) is 15.2. The molecule has 0 aliphatic rings. The number of aromatic nitrogens is 3. The van der Waals surface area contributed by atoms with Crippen molar-refractivity contribution in [2.75, 3.05) is 0 Å². The summed E-state index contributed by atoms with van der Waals surface area (Å²) in [7, 11) is 0. The highest BCUT2D eigenvalue weighted by Gasteiger charge is 2.12. The van der Waals surface area contributed by atoms with Crippen LogP contribution in [0.25, 0.3) is 22.9 Å². The van der Waals surface area contributed by atoms with Crippen LogP contribution < -0.4 is 0 Å². The van der Waals surface area contributed by atoms with Gasteiger partial charge in [0.15, 0.2) is 0 Å². The van der Waals surface area contributed by atoms with Crippen molar-refractivity contribution in [1.29, 1.82) is 0 Å². The molecule has 2 aromatic heterocycles. The number of rotatable bonds is 4. The van der Waals surface area contributed by atoms with E-state index in [2.05, 4.69) is 52.5 Å². The van der Waals surface area contributed by atoms with Crippen molar-refractivity contribution in [1.82, 2.24) is 14.8 Å². The van der Waals surface area contributed by atoms with Crippen molar-refractivity contribution in [2.45, 2.75) is 13.5 Å². The number of benzene rings is 2. The monoisotopic (exact) mass is 359 g/mol. The lowest BCUT2D eigenvalue weighted by atomic mass is 10.0. The summed E-state index contributed by atoms with van der Waals surface area (Å²) >= 11 is 6.63. The number of pyridine rings is 1. The highest BCUT2D eigenvalue weighted by atomic mass is 35.5. The fourth-order valence-corrected chi connectivity index (χ4v) is 3.39. The zero-order valence-electron chi connectivity index (χ0n) is 14.4. The Bertz CT molecular complexity index is 1080. The van der Waals surface area contributed by atoms with Crippen LogP contribution in [-0.2, 0) is 6.54 Å². The van der Waals surface area contributed by atoms with Crippen LogP contribution in [0, 0.1) is 6.92 Å². The molecule has 0 aliphatic heterocycles. The maximum absolute atomic E-state index is 6.63. The maximum atomic E-state index is 6.63. The lowest BCUT2D eigenvalue weighted by molar-refractivity contribution is 0.683. The van der Waals surface area contributed by atoms with Gasteiger partial charge in [-0.2, -0.15) is 5.10 Å². The predicted octanol–water partition coefficient (Wildman–Crippen LogP) is 5.61. The number of hydrogen-bond acceptors (Lipinski definition) is 2. The summed E-state index contributed by atoms with van der Waals surface area (Å²) in [5, 5.41) is 7.73. The van der Waals surface area contributed by atoms with Crippen LogP contribution in [0.15, 0.2) is 66.9 Å². The molecule has 0 N–H and O–H groups in total. The van der Waals surface area contributed by atoms with Crippen LogP contribution in [-0.4, -0.2) is 14.8 Å². The smallest absolute Gasteiger partial charge is 0.134 e. The van der Waals surface area contributed by atoms with Gasteiger partial charge in [0.05, 0.1) is 17.9 Å². The molecule has 0 aliphatic carbocycles. The average Bonchev–Trinajstić information content (AvgIpc) is 2.94. The molecule has 128 valence electrons. The van der Waals surface area contributed by atoms with E-state index in [-0.39, 0.29) is 0 Å². The van der Waals surface area contributed by atoms with Gasteiger partial charge in [-0.3, -0.25) is 4.98 Å². The van der Waals surface area contributed by atoms with Gasteiger partial charge in [0.1, 0.15) is 5.15 Å². The third-order valence-electron chi connectivity index (χ3n) is 4.42. The molecule has 2 aromatic carbocycles. The van der Waals surface area contributed by atoms with Gasteiger partial charge < -0.3 is 0 Å². The van der Waals surface area contributed by atoms with Crippen LogP contribution in [0.4, 0.5) is 0 Å². The Hall–Kier alpha value is -2.91. The summed E-state index contributed by atoms with van der Waals surface area (Å²) in [5.74, 6) is 0. The Morgan fingerprint density at radius 1 is 0.962 bits per heavy atom. The number of hydrogen-bond donors (Lipinski definition) is 0. The van der Waals surface area contributed by atoms with Crippen LogP contribution >= 0.6 is 11.6 Å². The van der Waals surface area contributed by atoms with Gasteiger partial charge in [-0.05, 0) is 47.5 Å². The molecule has 0 amide bonds. The first-order valence-corrected chi connectivity index (χ1v) is 8.89. The van der Waals surface area contributed by atoms with Crippen LogP contribution in [0.2, 0.25) is 5.15 Å². The van der Waals surface area contributed by atoms with Crippen LogP contribution in [0.1, 0.15) is 22.5 Å². The number of fused-ring (bicyclic) bond motifs is 1. The second-order valence-corrected chi connectivity index (χ2v) is 6.53. The minimum Gasteiger partial charge on any atom is -0.257 e. The number of aryl methyl sites for hydroxylation is 1. The van der Waals surface area contributed by atoms with Crippen molar-refractivity contribution in [3.05, 3.63) is 94.5 Å². The molecule has 0 unspecified atom stereocenters. The van der Waals surface area contributed by atoms with Gasteiger partial charge in [0.25, 0.3) is 0 Å². The quantitative estimate of drug-likeness (QED) is 0.474. The molecule has 2 heterocycles. The molecule has 0 bridgehead atoms. The van der Waals surface area contributed by atoms with Gasteiger partial charge >= 0.3 is 0 Å². The third kappa shape index (κ3) is 3.26. The van der Waals surface area contributed by atoms with Gasteiger partial charge in [0.2, 0.25) is 0 Å². The summed E-state index contributed by atoms with van der Waals surface area (Å²) in [6, 6.07) is 20.5. The fraction of sp³-hybridized carbons (Fsp3) is 0.0909. The molecule has 4 heteroatoms. The topological polar surface area (TPSA) is 30.7 Å². The van der Waals surface area contributed by atoms with Gasteiger partial charge in [-0.1, -0.05) is 60.1 Å². The largest absolute Gasteiger partial charge is 0.257 e. The first kappa shape index (κ1) is 16.6. The molecule has 0 spiro atoms. The average molecular weight is 360 g/mol. The lowest BCUT2D eigenvalue weighted by Gasteiger charge is -2.08. The highest BCUT2D eigenvalue weighted by molar-refractivity contribution is 6.31. The molecule has 3 nitrogen and oxygen atoms in total. The van der Waals surface area contributed by atoms with E-state index in [1.807, 2.05) is 42.0 Å². The molecule has 4 rings (SSSR count). The minimum atomic E-state index is 0.637. The summed E-state index contributed by atoms with van der Waals surface area (Å²) in [5.41, 5.74) is 3.93. The first-order chi connectivity index (χ1) is 12.7. The third-order valence-corrected chi connectivity index (χ3v) is 4.82. The zero-order chi connectivity index (χ0) is 17.9. The summed E-state index contributed by atoms with van der Waals surface area (Å²) < 4.78 is 1.86. The van der Waals surface area contributed by atoms with Gasteiger partial charge in [0, 0.05) is 11.8 Å². The van der Waals surface area contributed by atoms with E-state index in [0.29, 0.717) is 11.7 Å². The van der Waals surface area contributed by atoms with E-state index >= 15 is 0 Å². The Labute approximate surface area is 157 Å². The van der Waals surface area contributed by atoms with Gasteiger partial charge in [-0.25, -0.2) is 4.68 Å².